The number of halogens is 2. The zero-order valence-electron chi connectivity index (χ0n) is 11.2. The van der Waals surface area contributed by atoms with Crippen molar-refractivity contribution in [1.29, 1.82) is 0 Å². The summed E-state index contributed by atoms with van der Waals surface area (Å²) in [7, 11) is 0. The molecule has 0 spiro atoms. The predicted octanol–water partition coefficient (Wildman–Crippen LogP) is 4.37. The average molecular weight is 366 g/mol. The van der Waals surface area contributed by atoms with Gasteiger partial charge < -0.3 is 10.3 Å². The molecule has 0 unspecified atom stereocenters. The topological polar surface area (TPSA) is 53.6 Å². The van der Waals surface area contributed by atoms with Crippen molar-refractivity contribution in [3.8, 4) is 0 Å². The van der Waals surface area contributed by atoms with Crippen LogP contribution in [0.25, 0.3) is 11.0 Å². The SMILES string of the molecule is Brc1cc(Nc2ncnc3[nH]ccc23)cc2c1CCC2.Cl. The van der Waals surface area contributed by atoms with Crippen LogP contribution in [0.3, 0.4) is 0 Å². The van der Waals surface area contributed by atoms with Crippen molar-refractivity contribution in [3.05, 3.63) is 46.3 Å². The molecule has 0 atom stereocenters. The lowest BCUT2D eigenvalue weighted by atomic mass is 10.1. The number of hydrogen-bond acceptors (Lipinski definition) is 3. The maximum Gasteiger partial charge on any atom is 0.143 e. The monoisotopic (exact) mass is 364 g/mol. The van der Waals surface area contributed by atoms with Gasteiger partial charge in [-0.15, -0.1) is 12.4 Å². The van der Waals surface area contributed by atoms with Crippen molar-refractivity contribution in [2.75, 3.05) is 5.32 Å². The molecule has 1 aliphatic carbocycles. The fraction of sp³-hybridized carbons (Fsp3) is 0.200. The van der Waals surface area contributed by atoms with E-state index < -0.39 is 0 Å². The molecule has 2 N–H and O–H groups in total. The third kappa shape index (κ3) is 2.51. The van der Waals surface area contributed by atoms with Gasteiger partial charge >= 0.3 is 0 Å². The van der Waals surface area contributed by atoms with Crippen LogP contribution in [0.2, 0.25) is 0 Å². The standard InChI is InChI=1S/C15H13BrN4.ClH/c16-13-7-10(6-9-2-1-3-11(9)13)20-15-12-4-5-17-14(12)18-8-19-15;/h4-8H,1-3H2,(H2,17,18,19,20);1H. The van der Waals surface area contributed by atoms with Crippen LogP contribution in [-0.2, 0) is 12.8 Å². The molecule has 0 amide bonds. The van der Waals surface area contributed by atoms with Gasteiger partial charge in [-0.25, -0.2) is 9.97 Å². The molecule has 108 valence electrons. The first-order valence-electron chi connectivity index (χ1n) is 6.68. The van der Waals surface area contributed by atoms with E-state index in [-0.39, 0.29) is 12.4 Å². The Balaban J connectivity index is 0.00000132. The highest BCUT2D eigenvalue weighted by molar-refractivity contribution is 9.10. The van der Waals surface area contributed by atoms with Gasteiger partial charge in [0, 0.05) is 16.4 Å². The normalized spacial score (nSPS) is 13.0. The van der Waals surface area contributed by atoms with Crippen LogP contribution < -0.4 is 5.32 Å². The van der Waals surface area contributed by atoms with Crippen molar-refractivity contribution in [2.45, 2.75) is 19.3 Å². The molecule has 4 nitrogen and oxygen atoms in total. The van der Waals surface area contributed by atoms with Crippen LogP contribution in [0.1, 0.15) is 17.5 Å². The maximum absolute atomic E-state index is 4.34. The number of nitrogens with one attached hydrogen (secondary N) is 2. The lowest BCUT2D eigenvalue weighted by molar-refractivity contribution is 0.910. The Morgan fingerprint density at radius 2 is 2.10 bits per heavy atom. The molecule has 4 rings (SSSR count). The van der Waals surface area contributed by atoms with E-state index in [1.54, 1.807) is 6.33 Å². The fourth-order valence-electron chi connectivity index (χ4n) is 2.83. The summed E-state index contributed by atoms with van der Waals surface area (Å²) in [4.78, 5) is 11.6. The maximum atomic E-state index is 4.34. The number of aromatic amines is 1. The molecule has 3 aromatic rings. The number of hydrogen-bond donors (Lipinski definition) is 2. The first kappa shape index (κ1) is 14.4. The Hall–Kier alpha value is -1.59. The molecule has 0 bridgehead atoms. The van der Waals surface area contributed by atoms with E-state index >= 15 is 0 Å². The van der Waals surface area contributed by atoms with Crippen molar-refractivity contribution in [1.82, 2.24) is 15.0 Å². The Morgan fingerprint density at radius 3 is 3.00 bits per heavy atom. The summed E-state index contributed by atoms with van der Waals surface area (Å²) in [6.07, 6.45) is 7.03. The number of nitrogens with zero attached hydrogens (tertiary/aromatic N) is 2. The Morgan fingerprint density at radius 1 is 1.19 bits per heavy atom. The van der Waals surface area contributed by atoms with Gasteiger partial charge in [-0.2, -0.15) is 0 Å². The largest absolute Gasteiger partial charge is 0.346 e. The molecule has 0 saturated carbocycles. The van der Waals surface area contributed by atoms with Gasteiger partial charge in [0.15, 0.2) is 0 Å². The van der Waals surface area contributed by atoms with Crippen LogP contribution >= 0.6 is 28.3 Å². The van der Waals surface area contributed by atoms with E-state index in [2.05, 4.69) is 48.3 Å². The van der Waals surface area contributed by atoms with Crippen molar-refractivity contribution in [2.24, 2.45) is 0 Å². The number of aryl methyl sites for hydroxylation is 1. The summed E-state index contributed by atoms with van der Waals surface area (Å²) in [6, 6.07) is 6.35. The van der Waals surface area contributed by atoms with E-state index in [0.29, 0.717) is 0 Å². The summed E-state index contributed by atoms with van der Waals surface area (Å²) in [5, 5.41) is 4.41. The lowest BCUT2D eigenvalue weighted by Crippen LogP contribution is -1.97. The van der Waals surface area contributed by atoms with Crippen molar-refractivity contribution < 1.29 is 0 Å². The zero-order chi connectivity index (χ0) is 13.5. The van der Waals surface area contributed by atoms with Crippen LogP contribution in [0, 0.1) is 0 Å². The molecular formula is C15H14BrClN4. The molecule has 0 aliphatic heterocycles. The van der Waals surface area contributed by atoms with Gasteiger partial charge in [0.2, 0.25) is 0 Å². The highest BCUT2D eigenvalue weighted by atomic mass is 79.9. The van der Waals surface area contributed by atoms with Crippen molar-refractivity contribution in [3.63, 3.8) is 0 Å². The van der Waals surface area contributed by atoms with Crippen molar-refractivity contribution >= 4 is 50.9 Å². The number of fused-ring (bicyclic) bond motifs is 2. The summed E-state index contributed by atoms with van der Waals surface area (Å²) in [5.41, 5.74) is 4.80. The Labute approximate surface area is 136 Å². The molecule has 2 aromatic heterocycles. The second-order valence-electron chi connectivity index (χ2n) is 5.04. The number of benzene rings is 1. The highest BCUT2D eigenvalue weighted by Gasteiger charge is 2.15. The summed E-state index contributed by atoms with van der Waals surface area (Å²) in [6.45, 7) is 0. The lowest BCUT2D eigenvalue weighted by Gasteiger charge is -2.10. The van der Waals surface area contributed by atoms with E-state index in [1.807, 2.05) is 12.3 Å². The van der Waals surface area contributed by atoms with Gasteiger partial charge in [-0.1, -0.05) is 15.9 Å². The van der Waals surface area contributed by atoms with Gasteiger partial charge in [-0.3, -0.25) is 0 Å². The average Bonchev–Trinajstić information content (AvgIpc) is 3.06. The first-order valence-corrected chi connectivity index (χ1v) is 7.47. The van der Waals surface area contributed by atoms with E-state index in [1.165, 1.54) is 28.4 Å². The second-order valence-corrected chi connectivity index (χ2v) is 5.89. The van der Waals surface area contributed by atoms with Gasteiger partial charge in [-0.05, 0) is 48.6 Å². The minimum absolute atomic E-state index is 0. The zero-order valence-corrected chi connectivity index (χ0v) is 13.6. The van der Waals surface area contributed by atoms with Crippen LogP contribution in [0.15, 0.2) is 35.2 Å². The molecule has 1 aromatic carbocycles. The molecule has 0 saturated heterocycles. The summed E-state index contributed by atoms with van der Waals surface area (Å²) >= 11 is 3.67. The van der Waals surface area contributed by atoms with E-state index in [0.717, 1.165) is 29.0 Å². The molecular weight excluding hydrogens is 352 g/mol. The van der Waals surface area contributed by atoms with Crippen LogP contribution in [-0.4, -0.2) is 15.0 Å². The number of anilines is 2. The van der Waals surface area contributed by atoms with Crippen LogP contribution in [0.5, 0.6) is 0 Å². The number of H-pyrrole nitrogens is 1. The van der Waals surface area contributed by atoms with E-state index in [9.17, 15) is 0 Å². The molecule has 6 heteroatoms. The van der Waals surface area contributed by atoms with Gasteiger partial charge in [0.25, 0.3) is 0 Å². The quantitative estimate of drug-likeness (QED) is 0.709. The number of aromatic nitrogens is 3. The van der Waals surface area contributed by atoms with E-state index in [4.69, 9.17) is 0 Å². The minimum atomic E-state index is 0. The molecule has 0 fully saturated rings. The molecule has 0 radical (unpaired) electrons. The second kappa shape index (κ2) is 5.66. The molecule has 21 heavy (non-hydrogen) atoms. The van der Waals surface area contributed by atoms with Crippen LogP contribution in [0.4, 0.5) is 11.5 Å². The van der Waals surface area contributed by atoms with Gasteiger partial charge in [0.05, 0.1) is 5.39 Å². The Bertz CT molecular complexity index is 799. The predicted molar refractivity (Wildman–Crippen MR) is 90.6 cm³/mol. The number of rotatable bonds is 2. The fourth-order valence-corrected chi connectivity index (χ4v) is 3.53. The first-order chi connectivity index (χ1) is 9.81. The minimum Gasteiger partial charge on any atom is -0.346 e. The smallest absolute Gasteiger partial charge is 0.143 e. The molecule has 2 heterocycles. The third-order valence-corrected chi connectivity index (χ3v) is 4.48. The summed E-state index contributed by atoms with van der Waals surface area (Å²) < 4.78 is 1.19. The third-order valence-electron chi connectivity index (χ3n) is 3.78. The molecule has 1 aliphatic rings. The van der Waals surface area contributed by atoms with Gasteiger partial charge in [0.1, 0.15) is 17.8 Å². The summed E-state index contributed by atoms with van der Waals surface area (Å²) in [5.74, 6) is 0.834. The highest BCUT2D eigenvalue weighted by Crippen LogP contribution is 2.33. The Kier molecular flexibility index (Phi) is 3.87.